The average Bonchev–Trinajstić information content (AvgIpc) is 3.44. The summed E-state index contributed by atoms with van der Waals surface area (Å²) in [5.74, 6) is 1.63. The number of anilines is 4. The monoisotopic (exact) mass is 481 g/mol. The molecule has 2 aromatic heterocycles. The van der Waals surface area contributed by atoms with Crippen LogP contribution in [0, 0.1) is 12.3 Å². The Morgan fingerprint density at radius 3 is 2.64 bits per heavy atom. The number of ether oxygens (including phenoxy) is 1. The molecule has 36 heavy (non-hydrogen) atoms. The number of amides is 2. The van der Waals surface area contributed by atoms with Crippen molar-refractivity contribution in [3.8, 4) is 17.0 Å². The van der Waals surface area contributed by atoms with Crippen LogP contribution in [0.1, 0.15) is 37.7 Å². The smallest absolute Gasteiger partial charge is 0.238 e. The van der Waals surface area contributed by atoms with Gasteiger partial charge < -0.3 is 19.9 Å². The zero-order chi connectivity index (χ0) is 24.4. The van der Waals surface area contributed by atoms with Crippen LogP contribution in [0.5, 0.6) is 5.88 Å². The van der Waals surface area contributed by atoms with Crippen LogP contribution < -0.4 is 19.9 Å². The number of aryl methyl sites for hydroxylation is 1. The summed E-state index contributed by atoms with van der Waals surface area (Å²) in [6.45, 7) is 3.36. The Hall–Kier alpha value is -3.94. The Balaban J connectivity index is 1.11. The highest BCUT2D eigenvalue weighted by molar-refractivity contribution is 6.04. The first-order chi connectivity index (χ1) is 17.5. The minimum absolute atomic E-state index is 0.0965. The Labute approximate surface area is 209 Å². The summed E-state index contributed by atoms with van der Waals surface area (Å²) < 4.78 is 5.87. The molecule has 7 rings (SSSR count). The van der Waals surface area contributed by atoms with Gasteiger partial charge in [0.05, 0.1) is 23.3 Å². The topological polar surface area (TPSA) is 87.7 Å². The summed E-state index contributed by atoms with van der Waals surface area (Å²) in [7, 11) is 0. The highest BCUT2D eigenvalue weighted by Crippen LogP contribution is 2.58. The number of carbonyl (C=O) groups excluding carboxylic acids is 2. The van der Waals surface area contributed by atoms with E-state index in [2.05, 4.69) is 22.2 Å². The molecule has 5 heterocycles. The third kappa shape index (κ3) is 3.35. The van der Waals surface area contributed by atoms with E-state index < -0.39 is 0 Å². The van der Waals surface area contributed by atoms with Crippen molar-refractivity contribution in [3.05, 3.63) is 54.4 Å². The highest BCUT2D eigenvalue weighted by atomic mass is 16.5. The van der Waals surface area contributed by atoms with Gasteiger partial charge in [0.2, 0.25) is 17.7 Å². The van der Waals surface area contributed by atoms with E-state index in [-0.39, 0.29) is 23.3 Å². The minimum Gasteiger partial charge on any atom is -0.474 e. The zero-order valence-electron chi connectivity index (χ0n) is 20.2. The lowest BCUT2D eigenvalue weighted by Crippen LogP contribution is -2.41. The van der Waals surface area contributed by atoms with Gasteiger partial charge in [-0.1, -0.05) is 12.1 Å². The first-order valence-electron chi connectivity index (χ1n) is 12.6. The lowest BCUT2D eigenvalue weighted by atomic mass is 10.0. The normalized spacial score (nSPS) is 21.4. The molecule has 3 aliphatic heterocycles. The van der Waals surface area contributed by atoms with E-state index >= 15 is 0 Å². The van der Waals surface area contributed by atoms with Crippen molar-refractivity contribution in [1.82, 2.24) is 9.97 Å². The number of hydrogen-bond acceptors (Lipinski definition) is 6. The molecule has 182 valence electrons. The number of aromatic nitrogens is 2. The van der Waals surface area contributed by atoms with Gasteiger partial charge in [0.25, 0.3) is 0 Å². The maximum atomic E-state index is 13.1. The molecule has 1 aliphatic carbocycles. The van der Waals surface area contributed by atoms with E-state index in [9.17, 15) is 9.59 Å². The molecule has 0 bridgehead atoms. The Bertz CT molecular complexity index is 1400. The van der Waals surface area contributed by atoms with E-state index in [1.165, 1.54) is 0 Å². The molecule has 0 unspecified atom stereocenters. The highest BCUT2D eigenvalue weighted by Gasteiger charge is 2.60. The predicted octanol–water partition coefficient (Wildman–Crippen LogP) is 4.60. The maximum Gasteiger partial charge on any atom is 0.238 e. The Morgan fingerprint density at radius 1 is 1.08 bits per heavy atom. The number of nitrogens with one attached hydrogen (secondary N) is 1. The van der Waals surface area contributed by atoms with Crippen molar-refractivity contribution < 1.29 is 14.3 Å². The molecule has 1 atom stereocenters. The first kappa shape index (κ1) is 21.4. The first-order valence-corrected chi connectivity index (χ1v) is 12.6. The van der Waals surface area contributed by atoms with Crippen LogP contribution >= 0.6 is 0 Å². The largest absolute Gasteiger partial charge is 0.474 e. The molecular weight excluding hydrogens is 454 g/mol. The third-order valence-corrected chi connectivity index (χ3v) is 7.97. The van der Waals surface area contributed by atoms with E-state index in [1.807, 2.05) is 52.4 Å². The minimum atomic E-state index is -0.157. The molecule has 8 heteroatoms. The van der Waals surface area contributed by atoms with Crippen LogP contribution in [-0.4, -0.2) is 41.0 Å². The number of rotatable bonds is 4. The Kier molecular flexibility index (Phi) is 4.61. The van der Waals surface area contributed by atoms with Crippen LogP contribution in [0.4, 0.5) is 22.9 Å². The second-order valence-corrected chi connectivity index (χ2v) is 10.4. The van der Waals surface area contributed by atoms with Gasteiger partial charge in [-0.05, 0) is 68.0 Å². The number of fused-ring (bicyclic) bond motifs is 3. The van der Waals surface area contributed by atoms with Gasteiger partial charge >= 0.3 is 0 Å². The third-order valence-electron chi connectivity index (χ3n) is 7.97. The van der Waals surface area contributed by atoms with Crippen molar-refractivity contribution >= 4 is 34.7 Å². The molecule has 3 fully saturated rings. The second-order valence-electron chi connectivity index (χ2n) is 10.4. The van der Waals surface area contributed by atoms with Crippen LogP contribution in [0.25, 0.3) is 11.1 Å². The van der Waals surface area contributed by atoms with Gasteiger partial charge in [0.1, 0.15) is 18.1 Å². The SMILES string of the molecule is Cc1cc(Nc2cnc3c(c2)N2C(=O)C4(CC4)C[C@H]2CO3)ncc1-c1ccc(N2CCCC2=O)cc1. The summed E-state index contributed by atoms with van der Waals surface area (Å²) in [6.07, 6.45) is 7.96. The second kappa shape index (κ2) is 7.78. The summed E-state index contributed by atoms with van der Waals surface area (Å²) in [4.78, 5) is 38.0. The van der Waals surface area contributed by atoms with Gasteiger partial charge in [-0.3, -0.25) is 9.59 Å². The van der Waals surface area contributed by atoms with Crippen molar-refractivity contribution in [2.45, 2.75) is 45.1 Å². The van der Waals surface area contributed by atoms with Crippen molar-refractivity contribution in [2.75, 3.05) is 28.3 Å². The number of benzene rings is 1. The van der Waals surface area contributed by atoms with Gasteiger partial charge in [-0.15, -0.1) is 0 Å². The molecule has 1 N–H and O–H groups in total. The Morgan fingerprint density at radius 2 is 1.92 bits per heavy atom. The predicted molar refractivity (Wildman–Crippen MR) is 137 cm³/mol. The fourth-order valence-corrected chi connectivity index (χ4v) is 5.84. The molecule has 0 radical (unpaired) electrons. The molecule has 1 spiro atoms. The van der Waals surface area contributed by atoms with E-state index in [0.29, 0.717) is 24.7 Å². The molecule has 4 aliphatic rings. The molecule has 2 saturated heterocycles. The number of carbonyl (C=O) groups is 2. The van der Waals surface area contributed by atoms with E-state index in [1.54, 1.807) is 6.20 Å². The molecule has 8 nitrogen and oxygen atoms in total. The lowest BCUT2D eigenvalue weighted by molar-refractivity contribution is -0.121. The molecular formula is C28H27N5O3. The van der Waals surface area contributed by atoms with Crippen molar-refractivity contribution in [3.63, 3.8) is 0 Å². The molecule has 3 aromatic rings. The summed E-state index contributed by atoms with van der Waals surface area (Å²) >= 11 is 0. The summed E-state index contributed by atoms with van der Waals surface area (Å²) in [5, 5.41) is 3.34. The quantitative estimate of drug-likeness (QED) is 0.586. The molecule has 2 amide bonds. The summed E-state index contributed by atoms with van der Waals surface area (Å²) in [6, 6.07) is 12.1. The average molecular weight is 482 g/mol. The van der Waals surface area contributed by atoms with Crippen LogP contribution in [-0.2, 0) is 9.59 Å². The van der Waals surface area contributed by atoms with Gasteiger partial charge in [-0.25, -0.2) is 9.97 Å². The number of nitrogens with zero attached hydrogens (tertiary/aromatic N) is 4. The van der Waals surface area contributed by atoms with Crippen molar-refractivity contribution in [1.29, 1.82) is 0 Å². The zero-order valence-corrected chi connectivity index (χ0v) is 20.2. The fraction of sp³-hybridized carbons (Fsp3) is 0.357. The number of pyridine rings is 2. The van der Waals surface area contributed by atoms with E-state index in [0.717, 1.165) is 66.0 Å². The molecule has 1 aromatic carbocycles. The fourth-order valence-electron chi connectivity index (χ4n) is 5.84. The van der Waals surface area contributed by atoms with Gasteiger partial charge in [0, 0.05) is 30.4 Å². The van der Waals surface area contributed by atoms with E-state index in [4.69, 9.17) is 4.74 Å². The standard InChI is InChI=1S/C28H27N5O3/c1-17-11-24(29-15-22(17)18-4-6-20(7-5-18)32-10-2-3-25(32)34)31-19-12-23-26(30-14-19)36-16-21-13-28(8-9-28)27(35)33(21)23/h4-7,11-12,14-15,21H,2-3,8-10,13,16H2,1H3,(H,29,31)/t21-/m0/s1. The van der Waals surface area contributed by atoms with Crippen LogP contribution in [0.2, 0.25) is 0 Å². The van der Waals surface area contributed by atoms with Crippen LogP contribution in [0.3, 0.4) is 0 Å². The lowest BCUT2D eigenvalue weighted by Gasteiger charge is -2.31. The van der Waals surface area contributed by atoms with Gasteiger partial charge in [-0.2, -0.15) is 0 Å². The van der Waals surface area contributed by atoms with Crippen molar-refractivity contribution in [2.24, 2.45) is 5.41 Å². The molecule has 1 saturated carbocycles. The number of hydrogen-bond donors (Lipinski definition) is 1. The summed E-state index contributed by atoms with van der Waals surface area (Å²) in [5.41, 5.74) is 5.48. The van der Waals surface area contributed by atoms with Gasteiger partial charge in [0.15, 0.2) is 0 Å². The van der Waals surface area contributed by atoms with Crippen LogP contribution in [0.15, 0.2) is 48.8 Å². The maximum absolute atomic E-state index is 13.1.